The Morgan fingerprint density at radius 2 is 1.68 bits per heavy atom. The molecular weight excluding hydrogens is 451 g/mol. The van der Waals surface area contributed by atoms with E-state index in [-0.39, 0.29) is 24.5 Å². The van der Waals surface area contributed by atoms with Crippen molar-refractivity contribution in [2.24, 2.45) is 5.92 Å². The second-order valence-corrected chi connectivity index (χ2v) is 14.0. The molecule has 0 aliphatic carbocycles. The molecule has 0 aromatic heterocycles. The van der Waals surface area contributed by atoms with Crippen LogP contribution in [0.15, 0.2) is 26.1 Å². The summed E-state index contributed by atoms with van der Waals surface area (Å²) in [6.45, 7) is 3.98. The zero-order valence-corrected chi connectivity index (χ0v) is 19.7. The first kappa shape index (κ1) is 20.8. The molecule has 25 heavy (non-hydrogen) atoms. The molecule has 3 nitrogen and oxygen atoms in total. The van der Waals surface area contributed by atoms with Gasteiger partial charge in [0.25, 0.3) is 5.91 Å². The number of hydrogen-bond acceptors (Lipinski definition) is 9. The Hall–Kier alpha value is 1.10. The fourth-order valence-electron chi connectivity index (χ4n) is 2.10. The highest BCUT2D eigenvalue weighted by molar-refractivity contribution is 8.43. The molecule has 3 heterocycles. The van der Waals surface area contributed by atoms with Crippen LogP contribution in [-0.4, -0.2) is 41.4 Å². The molecule has 1 amide bonds. The van der Waals surface area contributed by atoms with E-state index in [9.17, 15) is 9.90 Å². The highest BCUT2D eigenvalue weighted by Crippen LogP contribution is 2.65. The number of amides is 1. The summed E-state index contributed by atoms with van der Waals surface area (Å²) >= 11 is 12.5. The fraction of sp³-hybridized carbons (Fsp3) is 0.533. The van der Waals surface area contributed by atoms with Gasteiger partial charge in [-0.05, 0) is 12.2 Å². The van der Waals surface area contributed by atoms with Crippen molar-refractivity contribution in [2.75, 3.05) is 24.4 Å². The number of hydrogen-bond donors (Lipinski definition) is 2. The third-order valence-electron chi connectivity index (χ3n) is 3.53. The zero-order valence-electron chi connectivity index (χ0n) is 14.0. The number of carbonyl (C=O) groups excluding carboxylic acids is 1. The highest BCUT2D eigenvalue weighted by Gasteiger charge is 2.34. The van der Waals surface area contributed by atoms with Crippen LogP contribution in [0.25, 0.3) is 0 Å². The number of carbonyl (C=O) groups is 1. The molecule has 0 spiro atoms. The largest absolute Gasteiger partial charge is 0.394 e. The molecule has 0 unspecified atom stereocenters. The van der Waals surface area contributed by atoms with Crippen LogP contribution >= 0.6 is 82.3 Å². The summed E-state index contributed by atoms with van der Waals surface area (Å²) in [6, 6.07) is -0.206. The van der Waals surface area contributed by atoms with Gasteiger partial charge in [-0.25, -0.2) is 0 Å². The topological polar surface area (TPSA) is 49.3 Å². The van der Waals surface area contributed by atoms with E-state index in [4.69, 9.17) is 0 Å². The Bertz CT molecular complexity index is 636. The first-order valence-corrected chi connectivity index (χ1v) is 14.1. The van der Waals surface area contributed by atoms with Crippen LogP contribution in [0.4, 0.5) is 0 Å². The van der Waals surface area contributed by atoms with E-state index in [2.05, 4.69) is 5.32 Å². The number of aliphatic hydroxyl groups is 1. The third-order valence-corrected chi connectivity index (χ3v) is 13.7. The van der Waals surface area contributed by atoms with Gasteiger partial charge in [-0.1, -0.05) is 60.9 Å². The Balaban J connectivity index is 1.71. The normalized spacial score (nSPS) is 22.1. The second kappa shape index (κ2) is 9.54. The van der Waals surface area contributed by atoms with Crippen molar-refractivity contribution in [2.45, 2.75) is 19.9 Å². The van der Waals surface area contributed by atoms with Crippen LogP contribution in [0.2, 0.25) is 0 Å². The van der Waals surface area contributed by atoms with Crippen LogP contribution in [0, 0.1) is 5.92 Å². The Morgan fingerprint density at radius 1 is 1.08 bits per heavy atom. The lowest BCUT2D eigenvalue weighted by molar-refractivity contribution is -0.118. The van der Waals surface area contributed by atoms with Gasteiger partial charge < -0.3 is 10.4 Å². The predicted octanol–water partition coefficient (Wildman–Crippen LogP) is 5.34. The molecule has 0 saturated carbocycles. The molecule has 0 aromatic carbocycles. The fourth-order valence-corrected chi connectivity index (χ4v) is 12.0. The van der Waals surface area contributed by atoms with Crippen molar-refractivity contribution in [3.05, 3.63) is 26.1 Å². The van der Waals surface area contributed by atoms with Crippen molar-refractivity contribution < 1.29 is 9.90 Å². The summed E-state index contributed by atoms with van der Waals surface area (Å²) in [5.74, 6) is 2.49. The molecular formula is C15H19NO2S7. The Kier molecular flexibility index (Phi) is 7.94. The molecule has 0 fully saturated rings. The Morgan fingerprint density at radius 3 is 2.20 bits per heavy atom. The monoisotopic (exact) mass is 469 g/mol. The number of aliphatic hydroxyl groups excluding tert-OH is 1. The van der Waals surface area contributed by atoms with Crippen LogP contribution in [0.1, 0.15) is 13.8 Å². The lowest BCUT2D eigenvalue weighted by atomic mass is 10.1. The van der Waals surface area contributed by atoms with Crippen molar-refractivity contribution in [3.8, 4) is 0 Å². The van der Waals surface area contributed by atoms with Gasteiger partial charge in [0, 0.05) is 11.5 Å². The average molecular weight is 470 g/mol. The van der Waals surface area contributed by atoms with E-state index >= 15 is 0 Å². The number of nitrogens with one attached hydrogen (secondary N) is 1. The molecule has 3 rings (SSSR count). The quantitative estimate of drug-likeness (QED) is 0.555. The van der Waals surface area contributed by atoms with Gasteiger partial charge in [-0.3, -0.25) is 4.79 Å². The maximum atomic E-state index is 12.7. The third kappa shape index (κ3) is 4.93. The Labute approximate surface area is 178 Å². The molecule has 0 aromatic rings. The van der Waals surface area contributed by atoms with E-state index in [1.807, 2.05) is 67.2 Å². The summed E-state index contributed by atoms with van der Waals surface area (Å²) in [5, 5.41) is 12.5. The van der Waals surface area contributed by atoms with Gasteiger partial charge in [0.15, 0.2) is 0 Å². The van der Waals surface area contributed by atoms with E-state index in [1.54, 1.807) is 35.3 Å². The van der Waals surface area contributed by atoms with E-state index in [0.29, 0.717) is 0 Å². The summed E-state index contributed by atoms with van der Waals surface area (Å²) in [5.41, 5.74) is 0. The van der Waals surface area contributed by atoms with Crippen LogP contribution in [0.5, 0.6) is 0 Å². The van der Waals surface area contributed by atoms with E-state index in [0.717, 1.165) is 9.14 Å². The standard InChI is InChI=1S/C15H19NO2S7/c1-7(2)8(6-17)16-10(18)9-11(19-3)23-14(22-9)15-24-12-13(25-15)21-5-4-20-12/h7-8,17H,4-6H2,1-3H3,(H,16,18)/t8-/m0/s1. The molecule has 0 saturated heterocycles. The van der Waals surface area contributed by atoms with Gasteiger partial charge in [0.1, 0.15) is 0 Å². The van der Waals surface area contributed by atoms with Crippen molar-refractivity contribution in [1.29, 1.82) is 0 Å². The summed E-state index contributed by atoms with van der Waals surface area (Å²) in [6.07, 6.45) is 2.01. The first-order chi connectivity index (χ1) is 12.0. The lowest BCUT2D eigenvalue weighted by Gasteiger charge is -2.20. The summed E-state index contributed by atoms with van der Waals surface area (Å²) in [7, 11) is 0. The van der Waals surface area contributed by atoms with Gasteiger partial charge in [-0.15, -0.1) is 35.3 Å². The summed E-state index contributed by atoms with van der Waals surface area (Å²) < 4.78 is 6.42. The van der Waals surface area contributed by atoms with E-state index < -0.39 is 0 Å². The molecule has 0 radical (unpaired) electrons. The number of rotatable bonds is 5. The van der Waals surface area contributed by atoms with Crippen LogP contribution in [-0.2, 0) is 4.79 Å². The molecule has 0 bridgehead atoms. The molecule has 10 heteroatoms. The van der Waals surface area contributed by atoms with Gasteiger partial charge >= 0.3 is 0 Å². The van der Waals surface area contributed by atoms with Crippen molar-refractivity contribution in [3.63, 3.8) is 0 Å². The smallest absolute Gasteiger partial charge is 0.260 e. The van der Waals surface area contributed by atoms with Crippen molar-refractivity contribution in [1.82, 2.24) is 5.32 Å². The van der Waals surface area contributed by atoms with Crippen LogP contribution < -0.4 is 5.32 Å². The maximum absolute atomic E-state index is 12.7. The van der Waals surface area contributed by atoms with Gasteiger partial charge in [-0.2, -0.15) is 0 Å². The SMILES string of the molecule is CSC1=C(C(=O)N[C@@H](CO)C(C)C)SC(=C2SC3=C(SCCS3)S2)S1. The average Bonchev–Trinajstić information content (AvgIpc) is 3.22. The predicted molar refractivity (Wildman–Crippen MR) is 124 cm³/mol. The molecule has 1 atom stereocenters. The molecule has 2 N–H and O–H groups in total. The molecule has 138 valence electrons. The van der Waals surface area contributed by atoms with Gasteiger partial charge in [0.05, 0.1) is 38.7 Å². The minimum absolute atomic E-state index is 0.0339. The lowest BCUT2D eigenvalue weighted by Crippen LogP contribution is -2.41. The molecule has 3 aliphatic heterocycles. The van der Waals surface area contributed by atoms with Crippen LogP contribution in [0.3, 0.4) is 0 Å². The number of thioether (sulfide) groups is 7. The van der Waals surface area contributed by atoms with Gasteiger partial charge in [0.2, 0.25) is 0 Å². The minimum atomic E-state index is -0.206. The maximum Gasteiger partial charge on any atom is 0.260 e. The summed E-state index contributed by atoms with van der Waals surface area (Å²) in [4.78, 5) is 13.5. The highest BCUT2D eigenvalue weighted by atomic mass is 32.3. The first-order valence-electron chi connectivity index (χ1n) is 7.69. The van der Waals surface area contributed by atoms with Crippen molar-refractivity contribution >= 4 is 88.2 Å². The molecule has 3 aliphatic rings. The minimum Gasteiger partial charge on any atom is -0.394 e. The zero-order chi connectivity index (χ0) is 18.0. The van der Waals surface area contributed by atoms with E-state index in [1.165, 1.54) is 28.5 Å². The second-order valence-electron chi connectivity index (χ2n) is 5.58.